The zero-order valence-electron chi connectivity index (χ0n) is 41.6. The van der Waals surface area contributed by atoms with Crippen molar-refractivity contribution in [1.82, 2.24) is 0 Å². The predicted molar refractivity (Wildman–Crippen MR) is 266 cm³/mol. The number of carbonyl (C=O) groups excluding carboxylic acids is 1. The zero-order valence-corrected chi connectivity index (χ0v) is 42.5. The maximum Gasteiger partial charge on any atom is 0.472 e. The number of hydrogen-bond donors (Lipinski definition) is 1. The highest BCUT2D eigenvalue weighted by atomic mass is 31.2. The Bertz CT molecular complexity index is 1090. The molecule has 0 saturated heterocycles. The molecule has 0 bridgehead atoms. The number of quaternary nitrogens is 1. The molecule has 0 aliphatic heterocycles. The molecule has 9 heteroatoms. The van der Waals surface area contributed by atoms with Crippen LogP contribution in [0.2, 0.25) is 0 Å². The van der Waals surface area contributed by atoms with Gasteiger partial charge in [-0.25, -0.2) is 4.57 Å². The minimum absolute atomic E-state index is 0.0875. The summed E-state index contributed by atoms with van der Waals surface area (Å²) in [5, 5.41) is 0. The normalized spacial score (nSPS) is 13.8. The highest BCUT2D eigenvalue weighted by Gasteiger charge is 2.26. The summed E-state index contributed by atoms with van der Waals surface area (Å²) in [5.74, 6) is -0.316. The lowest BCUT2D eigenvalue weighted by molar-refractivity contribution is -0.870. The second-order valence-corrected chi connectivity index (χ2v) is 20.4. The van der Waals surface area contributed by atoms with E-state index in [-0.39, 0.29) is 25.8 Å². The van der Waals surface area contributed by atoms with Gasteiger partial charge < -0.3 is 18.9 Å². The van der Waals surface area contributed by atoms with Crippen LogP contribution in [0.4, 0.5) is 0 Å². The molecule has 0 aromatic heterocycles. The monoisotopic (exact) mass is 897 g/mol. The number of ether oxygens (including phenoxy) is 2. The Morgan fingerprint density at radius 3 is 1.32 bits per heavy atom. The molecule has 1 N–H and O–H groups in total. The molecule has 0 radical (unpaired) electrons. The second-order valence-electron chi connectivity index (χ2n) is 18.9. The van der Waals surface area contributed by atoms with Crippen LogP contribution in [-0.2, 0) is 27.9 Å². The number of esters is 1. The van der Waals surface area contributed by atoms with Crippen LogP contribution in [0, 0.1) is 0 Å². The van der Waals surface area contributed by atoms with Crippen LogP contribution < -0.4 is 0 Å². The number of likely N-dealkylation sites (N-methyl/N-ethyl adjacent to an activating group) is 1. The van der Waals surface area contributed by atoms with Crippen LogP contribution in [0.1, 0.15) is 239 Å². The van der Waals surface area contributed by atoms with Crippen molar-refractivity contribution in [3.05, 3.63) is 36.5 Å². The lowest BCUT2D eigenvalue weighted by Gasteiger charge is -2.24. The lowest BCUT2D eigenvalue weighted by atomic mass is 10.1. The van der Waals surface area contributed by atoms with Crippen molar-refractivity contribution < 1.29 is 37.3 Å². The van der Waals surface area contributed by atoms with Crippen LogP contribution in [0.3, 0.4) is 0 Å². The molecule has 366 valence electrons. The van der Waals surface area contributed by atoms with Gasteiger partial charge in [-0.2, -0.15) is 0 Å². The van der Waals surface area contributed by atoms with Gasteiger partial charge >= 0.3 is 13.8 Å². The number of carbonyl (C=O) groups is 1. The summed E-state index contributed by atoms with van der Waals surface area (Å²) < 4.78 is 35.2. The molecule has 2 atom stereocenters. The summed E-state index contributed by atoms with van der Waals surface area (Å²) in [5.41, 5.74) is 0. The Balaban J connectivity index is 4.14. The van der Waals surface area contributed by atoms with E-state index in [1.807, 2.05) is 21.1 Å². The molecule has 0 aromatic carbocycles. The van der Waals surface area contributed by atoms with E-state index in [4.69, 9.17) is 18.5 Å². The van der Waals surface area contributed by atoms with E-state index < -0.39 is 13.9 Å². The summed E-state index contributed by atoms with van der Waals surface area (Å²) in [7, 11) is 1.67. The van der Waals surface area contributed by atoms with Crippen molar-refractivity contribution in [2.24, 2.45) is 0 Å². The molecule has 0 aliphatic rings. The Kier molecular flexibility index (Phi) is 45.3. The minimum atomic E-state index is -4.28. The first-order valence-corrected chi connectivity index (χ1v) is 27.7. The Labute approximate surface area is 385 Å². The quantitative estimate of drug-likeness (QED) is 0.0214. The molecule has 8 nitrogen and oxygen atoms in total. The SMILES string of the molecule is CCCCCCC/C=C\C/C=C\CCCCCCCCCCCC(=O)OC(COCCCCCCCCCC/C=C\CCCCCCCCC)COP(=O)(O)OCC[N+](C)(C)C. The van der Waals surface area contributed by atoms with Gasteiger partial charge in [-0.05, 0) is 70.6 Å². The molecule has 62 heavy (non-hydrogen) atoms. The molecule has 2 unspecified atom stereocenters. The smallest absolute Gasteiger partial charge is 0.457 e. The third-order valence-corrected chi connectivity index (χ3v) is 12.4. The standard InChI is InChI=1S/C53H102NO7P/c1-6-8-10-12-14-16-18-20-22-24-26-27-28-30-32-34-36-38-40-42-44-46-53(55)61-52(51-60-62(56,57)59-49-47-54(3,4)5)50-58-48-45-43-41-39-37-35-33-31-29-25-23-21-19-17-15-13-11-9-7-2/h18,20,23-26,52H,6-17,19,21-22,27-51H2,1-5H3/p+1/b20-18-,25-23-,26-24-. The number of allylic oxidation sites excluding steroid dienone is 6. The highest BCUT2D eigenvalue weighted by molar-refractivity contribution is 7.47. The average Bonchev–Trinajstić information content (AvgIpc) is 3.23. The fourth-order valence-electron chi connectivity index (χ4n) is 7.34. The largest absolute Gasteiger partial charge is 0.472 e. The number of unbranched alkanes of at least 4 members (excludes halogenated alkanes) is 29. The molecule has 0 saturated carbocycles. The minimum Gasteiger partial charge on any atom is -0.457 e. The molecule has 0 spiro atoms. The van der Waals surface area contributed by atoms with Crippen molar-refractivity contribution in [3.63, 3.8) is 0 Å². The fraction of sp³-hybridized carbons (Fsp3) is 0.868. The maximum atomic E-state index is 12.8. The van der Waals surface area contributed by atoms with Gasteiger partial charge in [0, 0.05) is 13.0 Å². The Morgan fingerprint density at radius 2 is 0.887 bits per heavy atom. The Morgan fingerprint density at radius 1 is 0.500 bits per heavy atom. The molecule has 0 amide bonds. The van der Waals surface area contributed by atoms with Crippen molar-refractivity contribution in [2.45, 2.75) is 245 Å². The second kappa shape index (κ2) is 46.3. The molecule has 0 rings (SSSR count). The highest BCUT2D eigenvalue weighted by Crippen LogP contribution is 2.43. The summed E-state index contributed by atoms with van der Waals surface area (Å²) in [6.07, 6.45) is 56.1. The summed E-state index contributed by atoms with van der Waals surface area (Å²) in [6.45, 7) is 5.63. The third kappa shape index (κ3) is 49.7. The van der Waals surface area contributed by atoms with Gasteiger partial charge in [0.1, 0.15) is 19.3 Å². The lowest BCUT2D eigenvalue weighted by Crippen LogP contribution is -2.37. The van der Waals surface area contributed by atoms with Gasteiger partial charge in [0.05, 0.1) is 34.4 Å². The first kappa shape index (κ1) is 60.7. The molecular weight excluding hydrogens is 794 g/mol. The van der Waals surface area contributed by atoms with Gasteiger partial charge in [0.25, 0.3) is 0 Å². The number of phosphoric acid groups is 1. The first-order chi connectivity index (χ1) is 30.1. The summed E-state index contributed by atoms with van der Waals surface area (Å²) >= 11 is 0. The average molecular weight is 897 g/mol. The van der Waals surface area contributed by atoms with E-state index in [0.29, 0.717) is 24.1 Å². The van der Waals surface area contributed by atoms with Crippen molar-refractivity contribution >= 4 is 13.8 Å². The van der Waals surface area contributed by atoms with Crippen LogP contribution in [-0.4, -0.2) is 75.6 Å². The van der Waals surface area contributed by atoms with E-state index in [2.05, 4.69) is 50.3 Å². The molecular formula is C53H103NO7P+. The van der Waals surface area contributed by atoms with Gasteiger partial charge in [0.15, 0.2) is 0 Å². The third-order valence-electron chi connectivity index (χ3n) is 11.4. The van der Waals surface area contributed by atoms with Crippen molar-refractivity contribution in [1.29, 1.82) is 0 Å². The number of phosphoric ester groups is 1. The first-order valence-electron chi connectivity index (χ1n) is 26.2. The summed E-state index contributed by atoms with van der Waals surface area (Å²) in [6, 6.07) is 0. The van der Waals surface area contributed by atoms with E-state index in [9.17, 15) is 14.3 Å². The molecule has 0 heterocycles. The number of rotatable bonds is 49. The number of nitrogens with zero attached hydrogens (tertiary/aromatic N) is 1. The topological polar surface area (TPSA) is 91.3 Å². The van der Waals surface area contributed by atoms with Gasteiger partial charge in [0.2, 0.25) is 0 Å². The van der Waals surface area contributed by atoms with Crippen LogP contribution in [0.15, 0.2) is 36.5 Å². The zero-order chi connectivity index (χ0) is 45.5. The Hall–Kier alpha value is -1.28. The van der Waals surface area contributed by atoms with Crippen LogP contribution >= 0.6 is 7.82 Å². The fourth-order valence-corrected chi connectivity index (χ4v) is 8.09. The predicted octanol–water partition coefficient (Wildman–Crippen LogP) is 16.1. The molecule has 0 aliphatic carbocycles. The van der Waals surface area contributed by atoms with Gasteiger partial charge in [-0.15, -0.1) is 0 Å². The van der Waals surface area contributed by atoms with Crippen LogP contribution in [0.5, 0.6) is 0 Å². The van der Waals surface area contributed by atoms with Crippen LogP contribution in [0.25, 0.3) is 0 Å². The van der Waals surface area contributed by atoms with E-state index in [0.717, 1.165) is 38.5 Å². The van der Waals surface area contributed by atoms with Gasteiger partial charge in [-0.1, -0.05) is 198 Å². The van der Waals surface area contributed by atoms with Gasteiger partial charge in [-0.3, -0.25) is 13.8 Å². The van der Waals surface area contributed by atoms with E-state index in [1.165, 1.54) is 180 Å². The van der Waals surface area contributed by atoms with E-state index >= 15 is 0 Å². The number of hydrogen-bond acceptors (Lipinski definition) is 6. The molecule has 0 fully saturated rings. The summed E-state index contributed by atoms with van der Waals surface area (Å²) in [4.78, 5) is 23.0. The van der Waals surface area contributed by atoms with Crippen molar-refractivity contribution in [3.8, 4) is 0 Å². The van der Waals surface area contributed by atoms with Crippen molar-refractivity contribution in [2.75, 3.05) is 54.1 Å². The maximum absolute atomic E-state index is 12.8. The molecule has 0 aromatic rings. The van der Waals surface area contributed by atoms with E-state index in [1.54, 1.807) is 0 Å².